The second-order valence-corrected chi connectivity index (χ2v) is 38.0. The predicted molar refractivity (Wildman–Crippen MR) is 450 cm³/mol. The highest BCUT2D eigenvalue weighted by molar-refractivity contribution is 6.03. The number of nitrogens with zero attached hydrogens (tertiary/aromatic N) is 4. The van der Waals surface area contributed by atoms with Crippen molar-refractivity contribution < 1.29 is 0 Å². The molecule has 0 atom stereocenters. The maximum absolute atomic E-state index is 2.78. The standard InChI is InChI=1S/C102H102N4/c1-94(2,3)61-34-40-64(41-35-61)103(67-46-49-76-73-28-22-25-31-79(73)97(10,11)82(76)52-67)70-55-85-91-86(56-70)101(18,19)88-58-72(105(66-44-38-63(39-45-66)96(7,8)9)69-48-51-78-75-30-24-27-33-81(75)99(14,15)84(78)54-69)60-90-93(88)106(91)92-87(100(85,16)17)57-71(59-89(92)102(90,20)21)104(65-42-36-62(37-43-65)95(4,5)6)68-47-50-77-74-29-23-26-32-80(74)98(12,13)83(77)53-68/h22-60H,1-21H3. The predicted octanol–water partition coefficient (Wildman–Crippen LogP) is 28.3. The molecule has 106 heavy (non-hydrogen) atoms. The lowest BCUT2D eigenvalue weighted by atomic mass is 9.60. The van der Waals surface area contributed by atoms with Crippen LogP contribution in [0.5, 0.6) is 0 Å². The van der Waals surface area contributed by atoms with Crippen LogP contribution in [-0.4, -0.2) is 0 Å². The summed E-state index contributed by atoms with van der Waals surface area (Å²) in [5.41, 5.74) is 39.8. The van der Waals surface area contributed by atoms with Crippen LogP contribution in [0.2, 0.25) is 0 Å². The van der Waals surface area contributed by atoms with Crippen molar-refractivity contribution >= 4 is 68.2 Å². The Morgan fingerprint density at radius 2 is 0.387 bits per heavy atom. The van der Waals surface area contributed by atoms with Crippen LogP contribution >= 0.6 is 0 Å². The van der Waals surface area contributed by atoms with Crippen molar-refractivity contribution in [2.75, 3.05) is 19.6 Å². The zero-order valence-corrected chi connectivity index (χ0v) is 66.3. The second-order valence-electron chi connectivity index (χ2n) is 38.0. The minimum atomic E-state index is -0.526. The van der Waals surface area contributed by atoms with Gasteiger partial charge in [0, 0.05) is 83.7 Å². The summed E-state index contributed by atoms with van der Waals surface area (Å²) in [6.07, 6.45) is 0. The number of hydrogen-bond acceptors (Lipinski definition) is 4. The lowest BCUT2D eigenvalue weighted by Crippen LogP contribution is -2.44. The largest absolute Gasteiger partial charge is 0.310 e. The fourth-order valence-corrected chi connectivity index (χ4v) is 19.8. The van der Waals surface area contributed by atoms with Gasteiger partial charge in [-0.25, -0.2) is 0 Å². The lowest BCUT2D eigenvalue weighted by molar-refractivity contribution is 0.567. The summed E-state index contributed by atoms with van der Waals surface area (Å²) in [7, 11) is 0. The molecule has 0 saturated carbocycles. The molecule has 0 unspecified atom stereocenters. The highest BCUT2D eigenvalue weighted by Crippen LogP contribution is 2.69. The molecule has 0 amide bonds. The fraction of sp³-hybridized carbons (Fsp3) is 0.294. The minimum absolute atomic E-state index is 0.0289. The van der Waals surface area contributed by atoms with Crippen LogP contribution in [0.1, 0.15) is 229 Å². The quantitative estimate of drug-likeness (QED) is 0.143. The molecule has 0 fully saturated rings. The first-order chi connectivity index (χ1) is 50.0. The zero-order valence-electron chi connectivity index (χ0n) is 66.3. The Morgan fingerprint density at radius 1 is 0.198 bits per heavy atom. The highest BCUT2D eigenvalue weighted by atomic mass is 15.2. The summed E-state index contributed by atoms with van der Waals surface area (Å²) < 4.78 is 0. The van der Waals surface area contributed by atoms with Crippen molar-refractivity contribution in [1.29, 1.82) is 0 Å². The Bertz CT molecular complexity index is 5060. The molecule has 0 N–H and O–H groups in total. The van der Waals surface area contributed by atoms with Gasteiger partial charge in [-0.15, -0.1) is 0 Å². The summed E-state index contributed by atoms with van der Waals surface area (Å²) in [5.74, 6) is 0. The van der Waals surface area contributed by atoms with Gasteiger partial charge in [0.05, 0.1) is 17.1 Å². The van der Waals surface area contributed by atoms with E-state index in [4.69, 9.17) is 0 Å². The Balaban J connectivity index is 0.924. The maximum atomic E-state index is 2.78. The van der Waals surface area contributed by atoms with Crippen molar-refractivity contribution in [1.82, 2.24) is 0 Å². The first-order valence-electron chi connectivity index (χ1n) is 38.8. The molecule has 0 bridgehead atoms. The van der Waals surface area contributed by atoms with E-state index < -0.39 is 16.2 Å². The number of hydrogen-bond donors (Lipinski definition) is 0. The average Bonchev–Trinajstić information content (AvgIpc) is 0.692. The van der Waals surface area contributed by atoms with E-state index in [0.29, 0.717) is 0 Å². The molecular weight excluding hydrogens is 1280 g/mol. The summed E-state index contributed by atoms with van der Waals surface area (Å²) in [5, 5.41) is 0. The molecule has 0 spiro atoms. The molecule has 4 nitrogen and oxygen atoms in total. The molecule has 18 rings (SSSR count). The molecule has 12 aromatic carbocycles. The molecule has 4 heteroatoms. The fourth-order valence-electron chi connectivity index (χ4n) is 19.8. The highest BCUT2D eigenvalue weighted by Gasteiger charge is 2.54. The van der Waals surface area contributed by atoms with Crippen LogP contribution in [0, 0.1) is 0 Å². The Hall–Kier alpha value is -10.2. The van der Waals surface area contributed by atoms with Crippen molar-refractivity contribution in [3.8, 4) is 33.4 Å². The third-order valence-corrected chi connectivity index (χ3v) is 26.2. The maximum Gasteiger partial charge on any atom is 0.0545 e. The molecule has 6 aliphatic rings. The number of anilines is 12. The van der Waals surface area contributed by atoms with E-state index in [-0.39, 0.29) is 32.5 Å². The van der Waals surface area contributed by atoms with Gasteiger partial charge in [-0.2, -0.15) is 0 Å². The average molecular weight is 1380 g/mol. The molecule has 0 radical (unpaired) electrons. The first-order valence-corrected chi connectivity index (χ1v) is 38.8. The molecule has 3 aliphatic carbocycles. The summed E-state index contributed by atoms with van der Waals surface area (Å²) in [4.78, 5) is 10.6. The van der Waals surface area contributed by atoms with Gasteiger partial charge >= 0.3 is 0 Å². The van der Waals surface area contributed by atoms with E-state index in [1.165, 1.54) is 134 Å². The van der Waals surface area contributed by atoms with Gasteiger partial charge < -0.3 is 19.6 Å². The molecule has 3 heterocycles. The molecule has 0 aromatic heterocycles. The van der Waals surface area contributed by atoms with Crippen LogP contribution in [0.25, 0.3) is 33.4 Å². The van der Waals surface area contributed by atoms with Gasteiger partial charge in [0.1, 0.15) is 0 Å². The molecule has 530 valence electrons. The van der Waals surface area contributed by atoms with Crippen molar-refractivity contribution in [3.05, 3.63) is 320 Å². The van der Waals surface area contributed by atoms with E-state index in [1.54, 1.807) is 0 Å². The van der Waals surface area contributed by atoms with E-state index in [0.717, 1.165) is 51.2 Å². The van der Waals surface area contributed by atoms with Crippen LogP contribution in [0.3, 0.4) is 0 Å². The zero-order chi connectivity index (χ0) is 74.4. The van der Waals surface area contributed by atoms with Gasteiger partial charge in [0.25, 0.3) is 0 Å². The smallest absolute Gasteiger partial charge is 0.0545 e. The Morgan fingerprint density at radius 3 is 0.613 bits per heavy atom. The second kappa shape index (κ2) is 22.2. The van der Waals surface area contributed by atoms with Gasteiger partial charge in [-0.05, 0) is 242 Å². The van der Waals surface area contributed by atoms with Crippen molar-refractivity contribution in [3.63, 3.8) is 0 Å². The van der Waals surface area contributed by atoms with E-state index in [2.05, 4.69) is 402 Å². The SMILES string of the molecule is CC(C)(C)c1ccc(N(c2ccc3c(c2)C(C)(C)c2ccccc2-3)c2cc3c4c(c2)C(C)(C)c2cc(N(c5ccc(C(C)(C)C)cc5)c5ccc6c(c5)C(C)(C)c5ccccc5-6)cc5c2N4c2c(cc(N(c4ccc(C(C)(C)C)cc4)c4ccc6c(c4)C(C)(C)c4ccccc4-6)cc2C5(C)C)C3(C)C)cc1. The monoisotopic (exact) mass is 1380 g/mol. The minimum Gasteiger partial charge on any atom is -0.310 e. The summed E-state index contributed by atoms with van der Waals surface area (Å²) >= 11 is 0. The van der Waals surface area contributed by atoms with Gasteiger partial charge in [0.2, 0.25) is 0 Å². The topological polar surface area (TPSA) is 13.0 Å². The van der Waals surface area contributed by atoms with Crippen LogP contribution in [0.4, 0.5) is 68.2 Å². The van der Waals surface area contributed by atoms with Crippen LogP contribution < -0.4 is 19.6 Å². The molecule has 12 aromatic rings. The normalized spacial score (nSPS) is 16.8. The van der Waals surface area contributed by atoms with E-state index >= 15 is 0 Å². The first kappa shape index (κ1) is 67.7. The molecule has 3 aliphatic heterocycles. The van der Waals surface area contributed by atoms with Gasteiger partial charge in [0.15, 0.2) is 0 Å². The Kier molecular flexibility index (Phi) is 14.2. The van der Waals surface area contributed by atoms with Crippen LogP contribution in [-0.2, 0) is 48.7 Å². The van der Waals surface area contributed by atoms with E-state index in [1.807, 2.05) is 0 Å². The molecular formula is C102H102N4. The number of rotatable bonds is 9. The third kappa shape index (κ3) is 9.63. The third-order valence-electron chi connectivity index (χ3n) is 26.2. The molecule has 0 saturated heterocycles. The van der Waals surface area contributed by atoms with Gasteiger partial charge in [-0.1, -0.05) is 273 Å². The number of benzene rings is 12. The Labute approximate surface area is 631 Å². The van der Waals surface area contributed by atoms with E-state index in [9.17, 15) is 0 Å². The number of fused-ring (bicyclic) bond motifs is 9. The summed E-state index contributed by atoms with van der Waals surface area (Å²) in [6, 6.07) is 93.3. The van der Waals surface area contributed by atoms with Crippen molar-refractivity contribution in [2.45, 2.75) is 194 Å². The summed E-state index contributed by atoms with van der Waals surface area (Å²) in [6.45, 7) is 50.6. The van der Waals surface area contributed by atoms with Crippen molar-refractivity contribution in [2.24, 2.45) is 0 Å². The van der Waals surface area contributed by atoms with Gasteiger partial charge in [-0.3, -0.25) is 0 Å². The lowest BCUT2D eigenvalue weighted by Gasteiger charge is -2.55. The van der Waals surface area contributed by atoms with Crippen LogP contribution in [0.15, 0.2) is 237 Å².